The van der Waals surface area contributed by atoms with Crippen molar-refractivity contribution in [3.05, 3.63) is 61.5 Å². The molecule has 0 spiro atoms. The number of aromatic nitrogens is 6. The normalized spacial score (nSPS) is 10.9. The summed E-state index contributed by atoms with van der Waals surface area (Å²) in [6, 6.07) is 5.37. The molecule has 1 amide bonds. The van der Waals surface area contributed by atoms with Gasteiger partial charge in [0.15, 0.2) is 11.5 Å². The van der Waals surface area contributed by atoms with Crippen LogP contribution >= 0.6 is 0 Å². The molecular formula is C17H13N7O. The molecule has 0 atom stereocenters. The Hall–Kier alpha value is -3.81. The van der Waals surface area contributed by atoms with Crippen molar-refractivity contribution in [2.45, 2.75) is 0 Å². The number of hydrogen-bond acceptors (Lipinski definition) is 5. The number of amides is 1. The Kier molecular flexibility index (Phi) is 3.35. The van der Waals surface area contributed by atoms with Crippen LogP contribution in [0.3, 0.4) is 0 Å². The third-order valence-electron chi connectivity index (χ3n) is 3.84. The second-order valence-corrected chi connectivity index (χ2v) is 5.38. The fourth-order valence-corrected chi connectivity index (χ4v) is 2.51. The molecule has 0 aliphatic heterocycles. The van der Waals surface area contributed by atoms with Gasteiger partial charge in [0, 0.05) is 40.9 Å². The number of carbonyl (C=O) groups is 1. The lowest BCUT2D eigenvalue weighted by Crippen LogP contribution is -2.12. The predicted molar refractivity (Wildman–Crippen MR) is 92.5 cm³/mol. The standard InChI is InChI=1S/C17H13N7O/c1-10(16(18)25)11-2-3-14(20-6-11)24-8-12(7-23-24)13-4-5-19-17-15(13)21-9-22-17/h2-9H,1H2,(H2,18,25)(H,19,21,22). The molecule has 0 bridgehead atoms. The number of nitrogens with one attached hydrogen (secondary N) is 1. The highest BCUT2D eigenvalue weighted by molar-refractivity contribution is 6.17. The maximum Gasteiger partial charge on any atom is 0.248 e. The Labute approximate surface area is 142 Å². The van der Waals surface area contributed by atoms with Crippen LogP contribution in [0, 0.1) is 0 Å². The van der Waals surface area contributed by atoms with E-state index in [1.54, 1.807) is 41.7 Å². The van der Waals surface area contributed by atoms with Crippen molar-refractivity contribution in [1.29, 1.82) is 0 Å². The molecule has 8 nitrogen and oxygen atoms in total. The highest BCUT2D eigenvalue weighted by Gasteiger charge is 2.11. The monoisotopic (exact) mass is 331 g/mol. The highest BCUT2D eigenvalue weighted by atomic mass is 16.1. The van der Waals surface area contributed by atoms with Gasteiger partial charge in [-0.3, -0.25) is 4.79 Å². The summed E-state index contributed by atoms with van der Waals surface area (Å²) in [5, 5.41) is 4.35. The lowest BCUT2D eigenvalue weighted by molar-refractivity contribution is -0.112. The summed E-state index contributed by atoms with van der Waals surface area (Å²) < 4.78 is 1.64. The summed E-state index contributed by atoms with van der Waals surface area (Å²) >= 11 is 0. The van der Waals surface area contributed by atoms with E-state index >= 15 is 0 Å². The Morgan fingerprint density at radius 2 is 2.04 bits per heavy atom. The Balaban J connectivity index is 1.69. The minimum atomic E-state index is -0.573. The smallest absolute Gasteiger partial charge is 0.248 e. The maximum absolute atomic E-state index is 11.2. The third-order valence-corrected chi connectivity index (χ3v) is 3.84. The zero-order valence-electron chi connectivity index (χ0n) is 13.0. The van der Waals surface area contributed by atoms with Crippen LogP contribution in [0.25, 0.3) is 33.7 Å². The molecule has 3 N–H and O–H groups in total. The van der Waals surface area contributed by atoms with Crippen LogP contribution in [0.5, 0.6) is 0 Å². The third kappa shape index (κ3) is 2.55. The Morgan fingerprint density at radius 3 is 2.80 bits per heavy atom. The van der Waals surface area contributed by atoms with E-state index in [1.807, 2.05) is 12.3 Å². The quantitative estimate of drug-likeness (QED) is 0.552. The lowest BCUT2D eigenvalue weighted by Gasteiger charge is -2.03. The first-order chi connectivity index (χ1) is 12.1. The van der Waals surface area contributed by atoms with Crippen molar-refractivity contribution in [3.63, 3.8) is 0 Å². The van der Waals surface area contributed by atoms with E-state index in [4.69, 9.17) is 5.73 Å². The number of nitrogens with zero attached hydrogens (tertiary/aromatic N) is 5. The van der Waals surface area contributed by atoms with Gasteiger partial charge in [0.25, 0.3) is 0 Å². The number of aromatic amines is 1. The van der Waals surface area contributed by atoms with Crippen molar-refractivity contribution >= 4 is 22.6 Å². The van der Waals surface area contributed by atoms with E-state index in [1.165, 1.54) is 0 Å². The van der Waals surface area contributed by atoms with E-state index < -0.39 is 5.91 Å². The average molecular weight is 331 g/mol. The summed E-state index contributed by atoms with van der Waals surface area (Å²) in [5.41, 5.74) is 9.35. The summed E-state index contributed by atoms with van der Waals surface area (Å²) in [4.78, 5) is 27.0. The van der Waals surface area contributed by atoms with Crippen molar-refractivity contribution in [1.82, 2.24) is 29.7 Å². The SMILES string of the molecule is C=C(C(N)=O)c1ccc(-n2cc(-c3ccnc4[nH]cnc34)cn2)nc1. The number of primary amides is 1. The van der Waals surface area contributed by atoms with Crippen LogP contribution in [-0.4, -0.2) is 35.6 Å². The van der Waals surface area contributed by atoms with E-state index in [0.717, 1.165) is 22.3 Å². The molecule has 0 radical (unpaired) electrons. The molecular weight excluding hydrogens is 318 g/mol. The molecule has 0 unspecified atom stereocenters. The zero-order chi connectivity index (χ0) is 17.4. The average Bonchev–Trinajstić information content (AvgIpc) is 3.30. The second kappa shape index (κ2) is 5.68. The van der Waals surface area contributed by atoms with Crippen LogP contribution in [-0.2, 0) is 4.79 Å². The summed E-state index contributed by atoms with van der Waals surface area (Å²) in [6.07, 6.45) is 8.46. The predicted octanol–water partition coefficient (Wildman–Crippen LogP) is 1.70. The first-order valence-corrected chi connectivity index (χ1v) is 7.42. The first-order valence-electron chi connectivity index (χ1n) is 7.42. The number of carbonyl (C=O) groups excluding carboxylic acids is 1. The maximum atomic E-state index is 11.2. The summed E-state index contributed by atoms with van der Waals surface area (Å²) in [5.74, 6) is 0.0382. The number of imidazole rings is 1. The van der Waals surface area contributed by atoms with Crippen LogP contribution in [0.15, 0.2) is 55.9 Å². The van der Waals surface area contributed by atoms with Gasteiger partial charge >= 0.3 is 0 Å². The van der Waals surface area contributed by atoms with Gasteiger partial charge in [0.05, 0.1) is 12.5 Å². The molecule has 0 saturated heterocycles. The van der Waals surface area contributed by atoms with Gasteiger partial charge in [-0.25, -0.2) is 19.6 Å². The molecule has 0 fully saturated rings. The number of H-pyrrole nitrogens is 1. The van der Waals surface area contributed by atoms with Crippen LogP contribution < -0.4 is 5.73 Å². The number of nitrogens with two attached hydrogens (primary N) is 1. The van der Waals surface area contributed by atoms with Gasteiger partial charge in [0.2, 0.25) is 5.91 Å². The van der Waals surface area contributed by atoms with Crippen LogP contribution in [0.1, 0.15) is 5.56 Å². The molecule has 4 aromatic rings. The summed E-state index contributed by atoms with van der Waals surface area (Å²) in [7, 11) is 0. The topological polar surface area (TPSA) is 115 Å². The molecule has 0 aliphatic rings. The molecule has 25 heavy (non-hydrogen) atoms. The van der Waals surface area contributed by atoms with Crippen LogP contribution in [0.4, 0.5) is 0 Å². The number of hydrogen-bond donors (Lipinski definition) is 2. The van der Waals surface area contributed by atoms with E-state index in [9.17, 15) is 4.79 Å². The van der Waals surface area contributed by atoms with Crippen LogP contribution in [0.2, 0.25) is 0 Å². The highest BCUT2D eigenvalue weighted by Crippen LogP contribution is 2.25. The van der Waals surface area contributed by atoms with Crippen molar-refractivity contribution in [2.24, 2.45) is 5.73 Å². The minimum absolute atomic E-state index is 0.220. The van der Waals surface area contributed by atoms with E-state index in [2.05, 4.69) is 31.6 Å². The van der Waals surface area contributed by atoms with Gasteiger partial charge in [0.1, 0.15) is 5.52 Å². The van der Waals surface area contributed by atoms with Gasteiger partial charge in [-0.05, 0) is 18.2 Å². The molecule has 4 heterocycles. The molecule has 8 heteroatoms. The van der Waals surface area contributed by atoms with Gasteiger partial charge < -0.3 is 10.7 Å². The molecule has 0 saturated carbocycles. The lowest BCUT2D eigenvalue weighted by atomic mass is 10.1. The summed E-state index contributed by atoms with van der Waals surface area (Å²) in [6.45, 7) is 3.64. The number of pyridine rings is 2. The Morgan fingerprint density at radius 1 is 1.16 bits per heavy atom. The Bertz CT molecular complexity index is 1090. The van der Waals surface area contributed by atoms with Crippen molar-refractivity contribution < 1.29 is 4.79 Å². The first kappa shape index (κ1) is 14.8. The number of fused-ring (bicyclic) bond motifs is 1. The molecule has 122 valence electrons. The number of rotatable bonds is 4. The van der Waals surface area contributed by atoms with Gasteiger partial charge in [-0.1, -0.05) is 6.58 Å². The fourth-order valence-electron chi connectivity index (χ4n) is 2.51. The van der Waals surface area contributed by atoms with E-state index in [-0.39, 0.29) is 5.57 Å². The van der Waals surface area contributed by atoms with Gasteiger partial charge in [-0.15, -0.1) is 0 Å². The fraction of sp³-hybridized carbons (Fsp3) is 0. The second-order valence-electron chi connectivity index (χ2n) is 5.38. The zero-order valence-corrected chi connectivity index (χ0v) is 13.0. The molecule has 4 aromatic heterocycles. The van der Waals surface area contributed by atoms with Gasteiger partial charge in [-0.2, -0.15) is 5.10 Å². The molecule has 0 aliphatic carbocycles. The minimum Gasteiger partial charge on any atom is -0.366 e. The molecule has 0 aromatic carbocycles. The molecule has 4 rings (SSSR count). The van der Waals surface area contributed by atoms with Crippen molar-refractivity contribution in [3.8, 4) is 16.9 Å². The van der Waals surface area contributed by atoms with Crippen molar-refractivity contribution in [2.75, 3.05) is 0 Å². The van der Waals surface area contributed by atoms with E-state index in [0.29, 0.717) is 11.4 Å². The largest absolute Gasteiger partial charge is 0.366 e.